The summed E-state index contributed by atoms with van der Waals surface area (Å²) in [5.74, 6) is 0.502. The van der Waals surface area contributed by atoms with Gasteiger partial charge < -0.3 is 9.88 Å². The summed E-state index contributed by atoms with van der Waals surface area (Å²) in [6, 6.07) is 0. The molecule has 1 amide bonds. The summed E-state index contributed by atoms with van der Waals surface area (Å²) in [5, 5.41) is 4.35. The van der Waals surface area contributed by atoms with Gasteiger partial charge in [0, 0.05) is 51.4 Å². The molecule has 0 aromatic carbocycles. The fourth-order valence-corrected chi connectivity index (χ4v) is 3.55. The van der Waals surface area contributed by atoms with Gasteiger partial charge in [0.2, 0.25) is 5.91 Å². The van der Waals surface area contributed by atoms with E-state index in [1.807, 2.05) is 6.92 Å². The molecule has 2 aromatic rings. The average molecular weight is 376 g/mol. The van der Waals surface area contributed by atoms with Crippen LogP contribution in [0.3, 0.4) is 0 Å². The van der Waals surface area contributed by atoms with Gasteiger partial charge in [-0.3, -0.25) is 18.7 Å². The van der Waals surface area contributed by atoms with Gasteiger partial charge in [0.1, 0.15) is 5.82 Å². The van der Waals surface area contributed by atoms with Gasteiger partial charge in [0.15, 0.2) is 0 Å². The predicted molar refractivity (Wildman–Crippen MR) is 97.7 cm³/mol. The molecular weight excluding hydrogens is 352 g/mol. The zero-order valence-corrected chi connectivity index (χ0v) is 15.8. The van der Waals surface area contributed by atoms with Gasteiger partial charge in [-0.1, -0.05) is 0 Å². The monoisotopic (exact) mass is 376 g/mol. The Bertz CT molecular complexity index is 1030. The highest BCUT2D eigenvalue weighted by Gasteiger charge is 2.29. The number of aryl methyl sites for hydroxylation is 1. The van der Waals surface area contributed by atoms with Gasteiger partial charge in [-0.05, 0) is 19.8 Å². The van der Waals surface area contributed by atoms with Crippen LogP contribution in [0.4, 0.5) is 0 Å². The van der Waals surface area contributed by atoms with E-state index >= 15 is 0 Å². The summed E-state index contributed by atoms with van der Waals surface area (Å²) in [6.07, 6.45) is 2.88. The maximum atomic E-state index is 12.7. The standard InChI is InChI=1S/C17H24N6O4/c1-4-23-14(19-21(3)17(23)27)11-6-5-7-22(10-11)13(24)8-12-9-18-16(26)20(2)15(12)25/h9,11H,4-8,10H2,1-3H3,(H,18,26). The van der Waals surface area contributed by atoms with Crippen LogP contribution in [0.25, 0.3) is 0 Å². The number of aromatic amines is 1. The number of rotatable bonds is 4. The maximum Gasteiger partial charge on any atom is 0.345 e. The molecule has 0 radical (unpaired) electrons. The van der Waals surface area contributed by atoms with Gasteiger partial charge in [0.05, 0.1) is 6.42 Å². The molecule has 1 aliphatic rings. The van der Waals surface area contributed by atoms with Crippen LogP contribution in [-0.2, 0) is 31.9 Å². The molecule has 0 aliphatic carbocycles. The number of nitrogens with zero attached hydrogens (tertiary/aromatic N) is 5. The van der Waals surface area contributed by atoms with E-state index in [4.69, 9.17) is 0 Å². The number of carbonyl (C=O) groups is 1. The third kappa shape index (κ3) is 3.51. The van der Waals surface area contributed by atoms with Crippen molar-refractivity contribution in [3.05, 3.63) is 48.9 Å². The number of piperidine rings is 1. The number of aromatic nitrogens is 5. The van der Waals surface area contributed by atoms with E-state index in [1.165, 1.54) is 17.9 Å². The highest BCUT2D eigenvalue weighted by atomic mass is 16.2. The van der Waals surface area contributed by atoms with Crippen LogP contribution in [0.2, 0.25) is 0 Å². The van der Waals surface area contributed by atoms with Crippen LogP contribution in [0.5, 0.6) is 0 Å². The Balaban J connectivity index is 1.79. The minimum Gasteiger partial charge on any atom is -0.342 e. The Kier molecular flexibility index (Phi) is 5.15. The van der Waals surface area contributed by atoms with Gasteiger partial charge >= 0.3 is 11.4 Å². The van der Waals surface area contributed by atoms with Gasteiger partial charge in [-0.2, -0.15) is 5.10 Å². The number of amides is 1. The Hall–Kier alpha value is -2.91. The van der Waals surface area contributed by atoms with Crippen molar-refractivity contribution >= 4 is 5.91 Å². The van der Waals surface area contributed by atoms with Crippen molar-refractivity contribution in [2.24, 2.45) is 14.1 Å². The van der Waals surface area contributed by atoms with Crippen LogP contribution in [0.1, 0.15) is 37.1 Å². The van der Waals surface area contributed by atoms with Crippen molar-refractivity contribution in [2.75, 3.05) is 13.1 Å². The van der Waals surface area contributed by atoms with E-state index in [0.29, 0.717) is 25.5 Å². The molecule has 1 aliphatic heterocycles. The molecule has 1 unspecified atom stereocenters. The lowest BCUT2D eigenvalue weighted by molar-refractivity contribution is -0.131. The van der Waals surface area contributed by atoms with Gasteiger partial charge in [-0.15, -0.1) is 0 Å². The van der Waals surface area contributed by atoms with Crippen LogP contribution < -0.4 is 16.9 Å². The zero-order valence-electron chi connectivity index (χ0n) is 15.8. The quantitative estimate of drug-likeness (QED) is 0.730. The number of hydrogen-bond donors (Lipinski definition) is 1. The molecule has 1 fully saturated rings. The molecule has 146 valence electrons. The summed E-state index contributed by atoms with van der Waals surface area (Å²) in [6.45, 7) is 3.48. The van der Waals surface area contributed by atoms with Crippen molar-refractivity contribution in [2.45, 2.75) is 38.6 Å². The highest BCUT2D eigenvalue weighted by molar-refractivity contribution is 5.78. The summed E-state index contributed by atoms with van der Waals surface area (Å²) in [7, 11) is 2.99. The van der Waals surface area contributed by atoms with E-state index in [-0.39, 0.29) is 29.5 Å². The second kappa shape index (κ2) is 7.37. The SMILES string of the molecule is CCn1c(C2CCCN(C(=O)Cc3c[nH]c(=O)n(C)c3=O)C2)nn(C)c1=O. The van der Waals surface area contributed by atoms with Crippen LogP contribution in [-0.4, -0.2) is 47.8 Å². The number of hydrogen-bond acceptors (Lipinski definition) is 5. The molecule has 1 saturated heterocycles. The van der Waals surface area contributed by atoms with E-state index in [2.05, 4.69) is 10.1 Å². The smallest absolute Gasteiger partial charge is 0.342 e. The molecule has 3 rings (SSSR count). The summed E-state index contributed by atoms with van der Waals surface area (Å²) >= 11 is 0. The normalized spacial score (nSPS) is 17.3. The zero-order chi connectivity index (χ0) is 19.7. The summed E-state index contributed by atoms with van der Waals surface area (Å²) in [5.41, 5.74) is -0.882. The third-order valence-electron chi connectivity index (χ3n) is 5.09. The van der Waals surface area contributed by atoms with Crippen LogP contribution in [0.15, 0.2) is 20.6 Å². The Morgan fingerprint density at radius 1 is 1.30 bits per heavy atom. The van der Waals surface area contributed by atoms with E-state index in [1.54, 1.807) is 16.5 Å². The average Bonchev–Trinajstić information content (AvgIpc) is 2.96. The van der Waals surface area contributed by atoms with Crippen molar-refractivity contribution < 1.29 is 4.79 Å². The molecule has 2 aromatic heterocycles. The molecule has 1 N–H and O–H groups in total. The minimum absolute atomic E-state index is 0.0186. The Morgan fingerprint density at radius 3 is 2.74 bits per heavy atom. The van der Waals surface area contributed by atoms with Gasteiger partial charge in [0.25, 0.3) is 5.56 Å². The van der Waals surface area contributed by atoms with Crippen molar-refractivity contribution in [1.82, 2.24) is 28.8 Å². The lowest BCUT2D eigenvalue weighted by Crippen LogP contribution is -2.42. The lowest BCUT2D eigenvalue weighted by Gasteiger charge is -2.32. The molecule has 0 saturated carbocycles. The first-order valence-corrected chi connectivity index (χ1v) is 9.02. The van der Waals surface area contributed by atoms with E-state index in [9.17, 15) is 19.2 Å². The largest absolute Gasteiger partial charge is 0.345 e. The van der Waals surface area contributed by atoms with Crippen LogP contribution in [0, 0.1) is 0 Å². The molecule has 0 spiro atoms. The second-order valence-corrected chi connectivity index (χ2v) is 6.85. The molecule has 27 heavy (non-hydrogen) atoms. The van der Waals surface area contributed by atoms with E-state index < -0.39 is 11.2 Å². The van der Waals surface area contributed by atoms with E-state index in [0.717, 1.165) is 17.4 Å². The topological polar surface area (TPSA) is 115 Å². The summed E-state index contributed by atoms with van der Waals surface area (Å²) in [4.78, 5) is 52.6. The summed E-state index contributed by atoms with van der Waals surface area (Å²) < 4.78 is 3.91. The number of H-pyrrole nitrogens is 1. The molecule has 10 nitrogen and oxygen atoms in total. The fraction of sp³-hybridized carbons (Fsp3) is 0.588. The third-order valence-corrected chi connectivity index (χ3v) is 5.09. The van der Waals surface area contributed by atoms with Gasteiger partial charge in [-0.25, -0.2) is 14.3 Å². The molecular formula is C17H24N6O4. The minimum atomic E-state index is -0.512. The van der Waals surface area contributed by atoms with Crippen molar-refractivity contribution in [3.8, 4) is 0 Å². The molecule has 3 heterocycles. The van der Waals surface area contributed by atoms with Crippen LogP contribution >= 0.6 is 0 Å². The second-order valence-electron chi connectivity index (χ2n) is 6.85. The molecule has 0 bridgehead atoms. The number of carbonyl (C=O) groups excluding carboxylic acids is 1. The highest BCUT2D eigenvalue weighted by Crippen LogP contribution is 2.25. The first-order valence-electron chi connectivity index (χ1n) is 9.02. The maximum absolute atomic E-state index is 12.7. The number of likely N-dealkylation sites (tertiary alicyclic amines) is 1. The molecule has 1 atom stereocenters. The van der Waals surface area contributed by atoms with Crippen molar-refractivity contribution in [3.63, 3.8) is 0 Å². The first-order chi connectivity index (χ1) is 12.8. The number of nitrogens with one attached hydrogen (secondary N) is 1. The Labute approximate surface area is 155 Å². The first kappa shape index (κ1) is 18.9. The molecule has 10 heteroatoms. The van der Waals surface area contributed by atoms with Crippen molar-refractivity contribution in [1.29, 1.82) is 0 Å². The predicted octanol–water partition coefficient (Wildman–Crippen LogP) is -1.06. The lowest BCUT2D eigenvalue weighted by atomic mass is 9.96. The fourth-order valence-electron chi connectivity index (χ4n) is 3.55. The Morgan fingerprint density at radius 2 is 2.04 bits per heavy atom.